The molecule has 0 saturated heterocycles. The van der Waals surface area contributed by atoms with Gasteiger partial charge in [-0.25, -0.2) is 0 Å². The van der Waals surface area contributed by atoms with Crippen molar-refractivity contribution in [1.29, 1.82) is 0 Å². The fourth-order valence-corrected chi connectivity index (χ4v) is 1.36. The van der Waals surface area contributed by atoms with E-state index in [1.807, 2.05) is 0 Å². The molecular formula is C7H3F3NO2Se. The molecular weight excluding hydrogens is 266 g/mol. The quantitative estimate of drug-likeness (QED) is 0.439. The van der Waals surface area contributed by atoms with Crippen LogP contribution >= 0.6 is 0 Å². The summed E-state index contributed by atoms with van der Waals surface area (Å²) in [7, 11) is 0. The second-order valence-electron chi connectivity index (χ2n) is 2.44. The summed E-state index contributed by atoms with van der Waals surface area (Å²) in [4.78, 5) is 9.35. The van der Waals surface area contributed by atoms with Crippen molar-refractivity contribution in [3.8, 4) is 0 Å². The van der Waals surface area contributed by atoms with Crippen LogP contribution in [0.1, 0.15) is 5.56 Å². The number of alkyl halides is 3. The molecule has 0 fully saturated rings. The molecule has 75 valence electrons. The van der Waals surface area contributed by atoms with Crippen LogP contribution in [0.15, 0.2) is 18.2 Å². The van der Waals surface area contributed by atoms with Gasteiger partial charge in [0.2, 0.25) is 0 Å². The molecule has 0 heterocycles. The van der Waals surface area contributed by atoms with Gasteiger partial charge < -0.3 is 0 Å². The van der Waals surface area contributed by atoms with Gasteiger partial charge in [-0.05, 0) is 0 Å². The molecule has 0 bridgehead atoms. The Kier molecular flexibility index (Phi) is 2.82. The van der Waals surface area contributed by atoms with Gasteiger partial charge in [0, 0.05) is 0 Å². The van der Waals surface area contributed by atoms with Crippen molar-refractivity contribution in [2.24, 2.45) is 0 Å². The zero-order valence-electron chi connectivity index (χ0n) is 6.54. The molecule has 1 aromatic rings. The van der Waals surface area contributed by atoms with Crippen LogP contribution in [0.3, 0.4) is 0 Å². The van der Waals surface area contributed by atoms with Crippen LogP contribution < -0.4 is 4.46 Å². The van der Waals surface area contributed by atoms with E-state index >= 15 is 0 Å². The minimum atomic E-state index is -4.58. The van der Waals surface area contributed by atoms with Gasteiger partial charge in [-0.15, -0.1) is 0 Å². The van der Waals surface area contributed by atoms with Gasteiger partial charge in [0.25, 0.3) is 0 Å². The normalized spacial score (nSPS) is 11.4. The average Bonchev–Trinajstić information content (AvgIpc) is 2.02. The molecule has 1 radical (unpaired) electrons. The molecule has 0 aliphatic carbocycles. The number of rotatable bonds is 1. The minimum absolute atomic E-state index is 0.150. The van der Waals surface area contributed by atoms with Crippen molar-refractivity contribution >= 4 is 26.2 Å². The first-order valence-electron chi connectivity index (χ1n) is 3.35. The molecule has 0 N–H and O–H groups in total. The van der Waals surface area contributed by atoms with E-state index < -0.39 is 22.4 Å². The van der Waals surface area contributed by atoms with Crippen molar-refractivity contribution in [2.75, 3.05) is 0 Å². The number of non-ortho nitro benzene ring substituents is 1. The number of halogens is 3. The standard InChI is InChI=1S/C7H3F3NO2Se/c8-7(9,10)5-3-4(11(12)13)1-2-6(5)14/h1-3H. The first-order valence-corrected chi connectivity index (χ1v) is 4.20. The number of nitro groups is 1. The van der Waals surface area contributed by atoms with Crippen LogP contribution in [0.25, 0.3) is 0 Å². The second kappa shape index (κ2) is 3.59. The van der Waals surface area contributed by atoms with E-state index in [0.717, 1.165) is 12.1 Å². The van der Waals surface area contributed by atoms with Crippen LogP contribution in [0.2, 0.25) is 0 Å². The van der Waals surface area contributed by atoms with Crippen molar-refractivity contribution < 1.29 is 18.1 Å². The zero-order valence-corrected chi connectivity index (χ0v) is 8.25. The van der Waals surface area contributed by atoms with Crippen molar-refractivity contribution in [3.05, 3.63) is 33.9 Å². The molecule has 14 heavy (non-hydrogen) atoms. The fraction of sp³-hybridized carbons (Fsp3) is 0.143. The molecule has 1 aromatic carbocycles. The summed E-state index contributed by atoms with van der Waals surface area (Å²) in [6.07, 6.45) is -4.58. The molecule has 0 amide bonds. The van der Waals surface area contributed by atoms with Gasteiger partial charge in [-0.3, -0.25) is 0 Å². The predicted molar refractivity (Wildman–Crippen MR) is 43.5 cm³/mol. The maximum atomic E-state index is 12.2. The third kappa shape index (κ3) is 2.24. The van der Waals surface area contributed by atoms with Crippen LogP contribution in [0, 0.1) is 10.1 Å². The maximum absolute atomic E-state index is 12.2. The summed E-state index contributed by atoms with van der Waals surface area (Å²) in [6.45, 7) is 0. The Balaban J connectivity index is 3.29. The van der Waals surface area contributed by atoms with E-state index in [2.05, 4.69) is 16.0 Å². The van der Waals surface area contributed by atoms with E-state index in [1.54, 1.807) is 0 Å². The monoisotopic (exact) mass is 270 g/mol. The summed E-state index contributed by atoms with van der Waals surface area (Å²) < 4.78 is 36.6. The molecule has 7 heteroatoms. The van der Waals surface area contributed by atoms with Gasteiger partial charge in [-0.2, -0.15) is 0 Å². The van der Waals surface area contributed by atoms with E-state index in [9.17, 15) is 23.3 Å². The van der Waals surface area contributed by atoms with Gasteiger partial charge in [0.15, 0.2) is 0 Å². The first-order chi connectivity index (χ1) is 6.32. The number of hydrogen-bond acceptors (Lipinski definition) is 2. The summed E-state index contributed by atoms with van der Waals surface area (Å²) >= 11 is 2.20. The SMILES string of the molecule is O=[N+]([O-])c1ccc([Se])c(C(F)(F)F)c1. The van der Waals surface area contributed by atoms with Gasteiger partial charge in [0.05, 0.1) is 0 Å². The zero-order chi connectivity index (χ0) is 10.9. The van der Waals surface area contributed by atoms with Gasteiger partial charge in [0.1, 0.15) is 0 Å². The van der Waals surface area contributed by atoms with Crippen molar-refractivity contribution in [1.82, 2.24) is 0 Å². The third-order valence-corrected chi connectivity index (χ3v) is 2.23. The molecule has 0 saturated carbocycles. The van der Waals surface area contributed by atoms with Crippen LogP contribution in [-0.4, -0.2) is 20.9 Å². The fourth-order valence-electron chi connectivity index (χ4n) is 0.853. The predicted octanol–water partition coefficient (Wildman–Crippen LogP) is 1.41. The Labute approximate surface area is 84.9 Å². The first kappa shape index (κ1) is 11.0. The Morgan fingerprint density at radius 3 is 2.36 bits per heavy atom. The Morgan fingerprint density at radius 1 is 1.36 bits per heavy atom. The van der Waals surface area contributed by atoms with Crippen LogP contribution in [-0.2, 0) is 6.18 Å². The Hall–Kier alpha value is -1.07. The van der Waals surface area contributed by atoms with Crippen molar-refractivity contribution in [3.63, 3.8) is 0 Å². The molecule has 0 unspecified atom stereocenters. The summed E-state index contributed by atoms with van der Waals surface area (Å²) in [5.41, 5.74) is -1.59. The number of hydrogen-bond donors (Lipinski definition) is 0. The molecule has 3 nitrogen and oxygen atoms in total. The van der Waals surface area contributed by atoms with Gasteiger partial charge >= 0.3 is 84.3 Å². The Morgan fingerprint density at radius 2 is 1.93 bits per heavy atom. The molecule has 0 spiro atoms. The number of nitrogens with zero attached hydrogens (tertiary/aromatic N) is 1. The second-order valence-corrected chi connectivity index (χ2v) is 3.36. The van der Waals surface area contributed by atoms with E-state index in [-0.39, 0.29) is 4.46 Å². The van der Waals surface area contributed by atoms with Crippen LogP contribution in [0.4, 0.5) is 18.9 Å². The number of benzene rings is 1. The average molecular weight is 269 g/mol. The summed E-state index contributed by atoms with van der Waals surface area (Å²) in [5.74, 6) is 0. The van der Waals surface area contributed by atoms with E-state index in [1.165, 1.54) is 0 Å². The summed E-state index contributed by atoms with van der Waals surface area (Å²) in [5, 5.41) is 10.2. The van der Waals surface area contributed by atoms with E-state index in [4.69, 9.17) is 0 Å². The third-order valence-electron chi connectivity index (χ3n) is 1.48. The van der Waals surface area contributed by atoms with Crippen molar-refractivity contribution in [2.45, 2.75) is 6.18 Å². The summed E-state index contributed by atoms with van der Waals surface area (Å²) in [6, 6.07) is 2.55. The number of nitro benzene ring substituents is 1. The topological polar surface area (TPSA) is 43.1 Å². The molecule has 0 aliphatic heterocycles. The molecule has 0 aliphatic rings. The van der Waals surface area contributed by atoms with E-state index in [0.29, 0.717) is 6.07 Å². The van der Waals surface area contributed by atoms with Gasteiger partial charge in [-0.1, -0.05) is 0 Å². The molecule has 0 atom stereocenters. The molecule has 0 aromatic heterocycles. The van der Waals surface area contributed by atoms with Crippen LogP contribution in [0.5, 0.6) is 0 Å². The molecule has 1 rings (SSSR count). The Bertz CT molecular complexity index is 378.